The highest BCUT2D eigenvalue weighted by Gasteiger charge is 2.44. The number of benzene rings is 1. The third-order valence-corrected chi connectivity index (χ3v) is 10.3. The average Bonchev–Trinajstić information content (AvgIpc) is 3.48. The quantitative estimate of drug-likeness (QED) is 0.413. The number of halogens is 2. The summed E-state index contributed by atoms with van der Waals surface area (Å²) < 4.78 is 53.6. The second-order valence-electron chi connectivity index (χ2n) is 12.1. The highest BCUT2D eigenvalue weighted by atomic mass is 32.2. The van der Waals surface area contributed by atoms with Gasteiger partial charge in [-0.2, -0.15) is 5.10 Å². The van der Waals surface area contributed by atoms with Gasteiger partial charge in [0.2, 0.25) is 15.9 Å². The van der Waals surface area contributed by atoms with Gasteiger partial charge in [-0.15, -0.1) is 0 Å². The largest absolute Gasteiger partial charge is 0.395 e. The Balaban J connectivity index is 1.33. The topological polar surface area (TPSA) is 127 Å². The summed E-state index contributed by atoms with van der Waals surface area (Å²) in [5.74, 6) is -2.13. The first kappa shape index (κ1) is 28.2. The Morgan fingerprint density at radius 2 is 1.76 bits per heavy atom. The molecule has 9 nitrogen and oxygen atoms in total. The molecule has 1 aliphatic heterocycles. The Kier molecular flexibility index (Phi) is 7.14. The van der Waals surface area contributed by atoms with Crippen LogP contribution >= 0.6 is 0 Å². The van der Waals surface area contributed by atoms with E-state index in [4.69, 9.17) is 10.1 Å². The average molecular weight is 587 g/mol. The van der Waals surface area contributed by atoms with Crippen molar-refractivity contribution >= 4 is 15.7 Å². The van der Waals surface area contributed by atoms with E-state index in [9.17, 15) is 22.3 Å². The number of nitrogens with two attached hydrogens (primary N) is 1. The van der Waals surface area contributed by atoms with Crippen molar-refractivity contribution in [2.45, 2.75) is 75.4 Å². The normalized spacial score (nSPS) is 21.2. The van der Waals surface area contributed by atoms with E-state index in [-0.39, 0.29) is 18.8 Å². The van der Waals surface area contributed by atoms with Crippen LogP contribution in [-0.2, 0) is 10.0 Å². The number of primary sulfonamides is 1. The lowest BCUT2D eigenvalue weighted by Crippen LogP contribution is -2.35. The van der Waals surface area contributed by atoms with E-state index >= 15 is 0 Å². The minimum absolute atomic E-state index is 0.102. The van der Waals surface area contributed by atoms with Crippen LogP contribution in [0.1, 0.15) is 79.6 Å². The van der Waals surface area contributed by atoms with Crippen LogP contribution in [0.25, 0.3) is 16.9 Å². The lowest BCUT2D eigenvalue weighted by atomic mass is 9.86. The van der Waals surface area contributed by atoms with Crippen LogP contribution in [0, 0.1) is 12.3 Å². The molecular formula is C29H36F2N6O3S. The summed E-state index contributed by atoms with van der Waals surface area (Å²) >= 11 is 0. The Labute approximate surface area is 238 Å². The van der Waals surface area contributed by atoms with Gasteiger partial charge in [0.25, 0.3) is 0 Å². The highest BCUT2D eigenvalue weighted by Crippen LogP contribution is 2.54. The van der Waals surface area contributed by atoms with Gasteiger partial charge in [-0.05, 0) is 74.6 Å². The second-order valence-corrected chi connectivity index (χ2v) is 13.8. The predicted octanol–water partition coefficient (Wildman–Crippen LogP) is 4.63. The molecule has 6 rings (SSSR count). The molecule has 3 fully saturated rings. The van der Waals surface area contributed by atoms with Crippen molar-refractivity contribution in [1.82, 2.24) is 19.7 Å². The highest BCUT2D eigenvalue weighted by molar-refractivity contribution is 7.89. The summed E-state index contributed by atoms with van der Waals surface area (Å²) in [6.07, 6.45) is 8.68. The van der Waals surface area contributed by atoms with E-state index in [0.717, 1.165) is 48.6 Å². The van der Waals surface area contributed by atoms with Crippen molar-refractivity contribution in [2.75, 3.05) is 24.6 Å². The lowest BCUT2D eigenvalue weighted by Gasteiger charge is -2.35. The lowest BCUT2D eigenvalue weighted by molar-refractivity contribution is -0.0387. The molecule has 3 aromatic rings. The number of sulfonamides is 1. The molecule has 2 aliphatic carbocycles. The molecule has 1 atom stereocenters. The molecule has 220 valence electrons. The fourth-order valence-electron chi connectivity index (χ4n) is 6.29. The van der Waals surface area contributed by atoms with Gasteiger partial charge in [0.1, 0.15) is 11.1 Å². The molecule has 2 aromatic heterocycles. The van der Waals surface area contributed by atoms with Crippen LogP contribution in [0.4, 0.5) is 14.5 Å². The number of rotatable bonds is 7. The number of alkyl halides is 2. The van der Waals surface area contributed by atoms with Crippen LogP contribution in [0.5, 0.6) is 0 Å². The van der Waals surface area contributed by atoms with Crippen LogP contribution in [0.2, 0.25) is 0 Å². The first-order valence-electron chi connectivity index (χ1n) is 14.3. The van der Waals surface area contributed by atoms with Crippen molar-refractivity contribution in [3.63, 3.8) is 0 Å². The van der Waals surface area contributed by atoms with Crippen LogP contribution in [-0.4, -0.2) is 58.9 Å². The molecule has 12 heteroatoms. The summed E-state index contributed by atoms with van der Waals surface area (Å²) in [5, 5.41) is 18.7. The number of aliphatic hydroxyl groups excluding tert-OH is 1. The van der Waals surface area contributed by atoms with Gasteiger partial charge in [-0.1, -0.05) is 6.07 Å². The molecule has 0 amide bonds. The Morgan fingerprint density at radius 1 is 1.05 bits per heavy atom. The molecule has 3 N–H and O–H groups in total. The van der Waals surface area contributed by atoms with Crippen LogP contribution in [0.15, 0.2) is 36.7 Å². The monoisotopic (exact) mass is 586 g/mol. The van der Waals surface area contributed by atoms with Crippen molar-refractivity contribution in [3.8, 4) is 16.9 Å². The number of anilines is 1. The van der Waals surface area contributed by atoms with Gasteiger partial charge in [0, 0.05) is 49.3 Å². The zero-order valence-corrected chi connectivity index (χ0v) is 24.0. The molecule has 0 bridgehead atoms. The number of aryl methyl sites for hydroxylation is 1. The van der Waals surface area contributed by atoms with E-state index in [2.05, 4.69) is 15.0 Å². The van der Waals surface area contributed by atoms with Crippen molar-refractivity contribution < 1.29 is 22.3 Å². The number of aromatic nitrogens is 4. The second kappa shape index (κ2) is 10.4. The molecule has 0 radical (unpaired) electrons. The zero-order valence-electron chi connectivity index (χ0n) is 23.1. The predicted molar refractivity (Wildman–Crippen MR) is 152 cm³/mol. The van der Waals surface area contributed by atoms with Gasteiger partial charge >= 0.3 is 0 Å². The minimum atomic E-state index is -4.00. The first-order valence-corrected chi connectivity index (χ1v) is 15.9. The number of piperidine rings is 1. The van der Waals surface area contributed by atoms with E-state index < -0.39 is 27.8 Å². The first-order chi connectivity index (χ1) is 19.5. The van der Waals surface area contributed by atoms with Crippen LogP contribution < -0.4 is 10.0 Å². The van der Waals surface area contributed by atoms with E-state index in [1.807, 2.05) is 25.3 Å². The van der Waals surface area contributed by atoms with Gasteiger partial charge < -0.3 is 10.0 Å². The maximum absolute atomic E-state index is 13.7. The van der Waals surface area contributed by atoms with Gasteiger partial charge in [-0.3, -0.25) is 0 Å². The SMILES string of the molecule is Cc1cc(-c2cnn(-c3ccc(C(CO)S(N)(=O)=O)cc3N3CCC4(CC3)CC4)c2)nc(C2CCC(F)(F)CC2)n1. The molecular weight excluding hydrogens is 550 g/mol. The minimum Gasteiger partial charge on any atom is -0.395 e. The van der Waals surface area contributed by atoms with Crippen molar-refractivity contribution in [2.24, 2.45) is 10.6 Å². The number of hydrogen-bond donors (Lipinski definition) is 2. The van der Waals surface area contributed by atoms with Gasteiger partial charge in [0.15, 0.2) is 0 Å². The maximum atomic E-state index is 13.7. The standard InChI is InChI=1S/C29H36F2N6O3S/c1-19-14-23(35-27(34-19)20-4-6-29(30,31)7-5-20)22-16-33-37(17-22)24-3-2-21(26(18-38)41(32,39)40)15-25(24)36-12-10-28(8-9-28)11-13-36/h2-3,14-17,20,26,38H,4-13,18H2,1H3,(H2,32,39,40). The molecule has 2 saturated carbocycles. The molecule has 1 saturated heterocycles. The molecule has 1 unspecified atom stereocenters. The fraction of sp³-hybridized carbons (Fsp3) is 0.552. The van der Waals surface area contributed by atoms with Crippen molar-refractivity contribution in [1.29, 1.82) is 0 Å². The Bertz CT molecular complexity index is 1540. The van der Waals surface area contributed by atoms with Gasteiger partial charge in [0.05, 0.1) is 29.9 Å². The molecule has 41 heavy (non-hydrogen) atoms. The zero-order chi connectivity index (χ0) is 29.0. The Morgan fingerprint density at radius 3 is 2.39 bits per heavy atom. The third kappa shape index (κ3) is 5.87. The number of aliphatic hydroxyl groups is 1. The molecule has 1 aromatic carbocycles. The smallest absolute Gasteiger partial charge is 0.248 e. The van der Waals surface area contributed by atoms with Crippen molar-refractivity contribution in [3.05, 3.63) is 53.7 Å². The van der Waals surface area contributed by atoms with Crippen LogP contribution in [0.3, 0.4) is 0 Å². The summed E-state index contributed by atoms with van der Waals surface area (Å²) in [5.41, 5.74) is 4.70. The summed E-state index contributed by atoms with van der Waals surface area (Å²) in [6, 6.07) is 7.15. The molecule has 3 aliphatic rings. The van der Waals surface area contributed by atoms with E-state index in [1.165, 1.54) is 12.8 Å². The third-order valence-electron chi connectivity index (χ3n) is 9.13. The summed E-state index contributed by atoms with van der Waals surface area (Å²) in [7, 11) is -4.00. The Hall–Kier alpha value is -2.96. The maximum Gasteiger partial charge on any atom is 0.248 e. The molecule has 3 heterocycles. The van der Waals surface area contributed by atoms with E-state index in [0.29, 0.717) is 35.3 Å². The fourth-order valence-corrected chi connectivity index (χ4v) is 7.03. The summed E-state index contributed by atoms with van der Waals surface area (Å²) in [6.45, 7) is 2.96. The number of hydrogen-bond acceptors (Lipinski definition) is 7. The number of nitrogens with zero attached hydrogens (tertiary/aromatic N) is 5. The van der Waals surface area contributed by atoms with Gasteiger partial charge in [-0.25, -0.2) is 37.0 Å². The van der Waals surface area contributed by atoms with E-state index in [1.54, 1.807) is 23.0 Å². The summed E-state index contributed by atoms with van der Waals surface area (Å²) in [4.78, 5) is 11.6. The molecule has 1 spiro atoms.